The Morgan fingerprint density at radius 1 is 1.20 bits per heavy atom. The molecule has 0 heterocycles. The number of carbonyl (C=O) groups excluding carboxylic acids is 2. The van der Waals surface area contributed by atoms with E-state index >= 15 is 0 Å². The van der Waals surface area contributed by atoms with Gasteiger partial charge < -0.3 is 16.0 Å². The Labute approximate surface area is 120 Å². The fraction of sp³-hybridized carbons (Fsp3) is 0.467. The van der Waals surface area contributed by atoms with Gasteiger partial charge in [0.15, 0.2) is 0 Å². The maximum atomic E-state index is 11.8. The van der Waals surface area contributed by atoms with E-state index in [1.165, 1.54) is 0 Å². The molecule has 2 amide bonds. The molecule has 5 nitrogen and oxygen atoms in total. The molecule has 0 unspecified atom stereocenters. The molecule has 20 heavy (non-hydrogen) atoms. The third-order valence-corrected chi connectivity index (χ3v) is 2.77. The van der Waals surface area contributed by atoms with Crippen LogP contribution in [0.3, 0.4) is 0 Å². The lowest BCUT2D eigenvalue weighted by molar-refractivity contribution is -0.115. The zero-order chi connectivity index (χ0) is 15.3. The highest BCUT2D eigenvalue weighted by molar-refractivity contribution is 5.96. The van der Waals surface area contributed by atoms with Gasteiger partial charge in [0.2, 0.25) is 5.91 Å². The highest BCUT2D eigenvalue weighted by Gasteiger charge is 2.12. The van der Waals surface area contributed by atoms with Gasteiger partial charge in [0.05, 0.1) is 6.54 Å². The zero-order valence-electron chi connectivity index (χ0n) is 12.8. The van der Waals surface area contributed by atoms with Crippen molar-refractivity contribution in [2.75, 3.05) is 18.9 Å². The summed E-state index contributed by atoms with van der Waals surface area (Å²) in [6.45, 7) is 8.12. The molecule has 3 N–H and O–H groups in total. The predicted molar refractivity (Wildman–Crippen MR) is 81.0 cm³/mol. The number of rotatable bonds is 4. The molecule has 0 radical (unpaired) electrons. The fourth-order valence-electron chi connectivity index (χ4n) is 1.63. The summed E-state index contributed by atoms with van der Waals surface area (Å²) in [4.78, 5) is 23.3. The highest BCUT2D eigenvalue weighted by atomic mass is 16.2. The van der Waals surface area contributed by atoms with Gasteiger partial charge in [-0.15, -0.1) is 0 Å². The minimum absolute atomic E-state index is 0.101. The van der Waals surface area contributed by atoms with Crippen LogP contribution < -0.4 is 16.0 Å². The SMILES string of the molecule is CNC(=O)c1ccc(NC(=O)CNC(C)(C)C)c(C)c1. The molecule has 0 aliphatic heterocycles. The molecule has 1 rings (SSSR count). The van der Waals surface area contributed by atoms with E-state index in [9.17, 15) is 9.59 Å². The summed E-state index contributed by atoms with van der Waals surface area (Å²) in [5, 5.41) is 8.53. The molecular formula is C15H23N3O2. The Morgan fingerprint density at radius 2 is 1.85 bits per heavy atom. The highest BCUT2D eigenvalue weighted by Crippen LogP contribution is 2.16. The first-order chi connectivity index (χ1) is 9.23. The smallest absolute Gasteiger partial charge is 0.251 e. The molecule has 0 saturated carbocycles. The van der Waals surface area contributed by atoms with Crippen LogP contribution in [-0.4, -0.2) is 30.9 Å². The summed E-state index contributed by atoms with van der Waals surface area (Å²) >= 11 is 0. The van der Waals surface area contributed by atoms with Crippen molar-refractivity contribution < 1.29 is 9.59 Å². The summed E-state index contributed by atoms with van der Waals surface area (Å²) < 4.78 is 0. The van der Waals surface area contributed by atoms with Crippen molar-refractivity contribution in [2.45, 2.75) is 33.2 Å². The van der Waals surface area contributed by atoms with Crippen LogP contribution in [-0.2, 0) is 4.79 Å². The quantitative estimate of drug-likeness (QED) is 0.784. The largest absolute Gasteiger partial charge is 0.355 e. The van der Waals surface area contributed by atoms with Crippen LogP contribution in [0, 0.1) is 6.92 Å². The van der Waals surface area contributed by atoms with Crippen molar-refractivity contribution in [2.24, 2.45) is 0 Å². The third-order valence-electron chi connectivity index (χ3n) is 2.77. The molecule has 0 spiro atoms. The molecule has 0 aromatic heterocycles. The van der Waals surface area contributed by atoms with Gasteiger partial charge in [-0.05, 0) is 51.5 Å². The topological polar surface area (TPSA) is 70.2 Å². The predicted octanol–water partition coefficient (Wildman–Crippen LogP) is 1.68. The fourth-order valence-corrected chi connectivity index (χ4v) is 1.63. The molecule has 0 fully saturated rings. The van der Waals surface area contributed by atoms with Gasteiger partial charge in [0.25, 0.3) is 5.91 Å². The van der Waals surface area contributed by atoms with Gasteiger partial charge in [-0.2, -0.15) is 0 Å². The molecule has 0 aliphatic carbocycles. The van der Waals surface area contributed by atoms with Crippen molar-refractivity contribution >= 4 is 17.5 Å². The lowest BCUT2D eigenvalue weighted by Gasteiger charge is -2.20. The Bertz CT molecular complexity index is 504. The Balaban J connectivity index is 2.69. The number of hydrogen-bond acceptors (Lipinski definition) is 3. The average Bonchev–Trinajstić information content (AvgIpc) is 2.37. The van der Waals surface area contributed by atoms with Crippen molar-refractivity contribution in [3.05, 3.63) is 29.3 Å². The van der Waals surface area contributed by atoms with E-state index in [2.05, 4.69) is 16.0 Å². The molecule has 0 aliphatic rings. The van der Waals surface area contributed by atoms with Crippen LogP contribution in [0.5, 0.6) is 0 Å². The molecule has 5 heteroatoms. The Kier molecular flexibility index (Phi) is 5.27. The first-order valence-electron chi connectivity index (χ1n) is 6.60. The number of aryl methyl sites for hydroxylation is 1. The van der Waals surface area contributed by atoms with Crippen LogP contribution in [0.25, 0.3) is 0 Å². The van der Waals surface area contributed by atoms with Gasteiger partial charge in [-0.3, -0.25) is 9.59 Å². The van der Waals surface area contributed by atoms with Crippen LogP contribution in [0.4, 0.5) is 5.69 Å². The van der Waals surface area contributed by atoms with Crippen LogP contribution >= 0.6 is 0 Å². The summed E-state index contributed by atoms with van der Waals surface area (Å²) in [7, 11) is 1.59. The van der Waals surface area contributed by atoms with E-state index in [4.69, 9.17) is 0 Å². The molecule has 0 saturated heterocycles. The van der Waals surface area contributed by atoms with Gasteiger partial charge in [0.1, 0.15) is 0 Å². The lowest BCUT2D eigenvalue weighted by atomic mass is 10.1. The monoisotopic (exact) mass is 277 g/mol. The molecule has 110 valence electrons. The molecule has 0 bridgehead atoms. The van der Waals surface area contributed by atoms with Gasteiger partial charge >= 0.3 is 0 Å². The minimum Gasteiger partial charge on any atom is -0.355 e. The molecule has 1 aromatic rings. The van der Waals surface area contributed by atoms with E-state index in [1.54, 1.807) is 25.2 Å². The maximum Gasteiger partial charge on any atom is 0.251 e. The molecule has 1 aromatic carbocycles. The first kappa shape index (κ1) is 16.2. The second-order valence-corrected chi connectivity index (χ2v) is 5.76. The van der Waals surface area contributed by atoms with Crippen molar-refractivity contribution in [3.8, 4) is 0 Å². The van der Waals surface area contributed by atoms with Crippen LogP contribution in [0.15, 0.2) is 18.2 Å². The number of carbonyl (C=O) groups is 2. The van der Waals surface area contributed by atoms with Crippen molar-refractivity contribution in [3.63, 3.8) is 0 Å². The summed E-state index contributed by atoms with van der Waals surface area (Å²) in [6.07, 6.45) is 0. The van der Waals surface area contributed by atoms with Crippen molar-refractivity contribution in [1.82, 2.24) is 10.6 Å². The third kappa shape index (κ3) is 5.01. The van der Waals surface area contributed by atoms with Crippen molar-refractivity contribution in [1.29, 1.82) is 0 Å². The molecular weight excluding hydrogens is 254 g/mol. The second kappa shape index (κ2) is 6.52. The number of benzene rings is 1. The van der Waals surface area contributed by atoms with Crippen LogP contribution in [0.2, 0.25) is 0 Å². The number of hydrogen-bond donors (Lipinski definition) is 3. The van der Waals surface area contributed by atoms with E-state index in [0.29, 0.717) is 5.56 Å². The Hall–Kier alpha value is -1.88. The lowest BCUT2D eigenvalue weighted by Crippen LogP contribution is -2.41. The van der Waals surface area contributed by atoms with Gasteiger partial charge in [-0.1, -0.05) is 0 Å². The van der Waals surface area contributed by atoms with E-state index in [-0.39, 0.29) is 23.9 Å². The normalized spacial score (nSPS) is 11.1. The minimum atomic E-state index is -0.139. The number of amides is 2. The average molecular weight is 277 g/mol. The van der Waals surface area contributed by atoms with E-state index in [1.807, 2.05) is 27.7 Å². The molecule has 0 atom stereocenters. The van der Waals surface area contributed by atoms with Crippen LogP contribution in [0.1, 0.15) is 36.7 Å². The van der Waals surface area contributed by atoms with Gasteiger partial charge in [-0.25, -0.2) is 0 Å². The summed E-state index contributed by atoms with van der Waals surface area (Å²) in [5.74, 6) is -0.240. The summed E-state index contributed by atoms with van der Waals surface area (Å²) in [5.41, 5.74) is 2.06. The number of nitrogens with one attached hydrogen (secondary N) is 3. The first-order valence-corrected chi connectivity index (χ1v) is 6.60. The number of anilines is 1. The second-order valence-electron chi connectivity index (χ2n) is 5.76. The Morgan fingerprint density at radius 3 is 2.35 bits per heavy atom. The standard InChI is InChI=1S/C15H23N3O2/c1-10-8-11(14(20)16-5)6-7-12(10)18-13(19)9-17-15(2,3)4/h6-8,17H,9H2,1-5H3,(H,16,20)(H,18,19). The zero-order valence-corrected chi connectivity index (χ0v) is 12.8. The van der Waals surface area contributed by atoms with E-state index in [0.717, 1.165) is 11.3 Å². The van der Waals surface area contributed by atoms with Gasteiger partial charge in [0, 0.05) is 23.8 Å². The maximum absolute atomic E-state index is 11.8. The van der Waals surface area contributed by atoms with E-state index < -0.39 is 0 Å². The summed E-state index contributed by atoms with van der Waals surface area (Å²) in [6, 6.07) is 5.19.